The summed E-state index contributed by atoms with van der Waals surface area (Å²) in [6.45, 7) is 2.03. The van der Waals surface area contributed by atoms with Gasteiger partial charge in [-0.25, -0.2) is 15.0 Å². The largest absolute Gasteiger partial charge is 0.354 e. The van der Waals surface area contributed by atoms with Gasteiger partial charge in [0.05, 0.1) is 23.4 Å². The summed E-state index contributed by atoms with van der Waals surface area (Å²) in [5.41, 5.74) is 3.52. The molecule has 0 amide bonds. The van der Waals surface area contributed by atoms with Crippen molar-refractivity contribution in [3.63, 3.8) is 0 Å². The van der Waals surface area contributed by atoms with E-state index in [1.165, 1.54) is 30.5 Å². The number of fused-ring (bicyclic) bond motifs is 1. The Morgan fingerprint density at radius 2 is 1.92 bits per heavy atom. The normalized spacial score (nSPS) is 21.3. The van der Waals surface area contributed by atoms with Crippen LogP contribution >= 0.6 is 0 Å². The molecule has 122 valence electrons. The maximum absolute atomic E-state index is 4.54. The summed E-state index contributed by atoms with van der Waals surface area (Å²) in [6, 6.07) is 11.0. The molecule has 0 spiro atoms. The lowest BCUT2D eigenvalue weighted by molar-refractivity contribution is 0.410. The third-order valence-electron chi connectivity index (χ3n) is 5.56. The highest BCUT2D eigenvalue weighted by molar-refractivity contribution is 5.75. The number of imidazole rings is 1. The topological polar surface area (TPSA) is 46.8 Å². The Morgan fingerprint density at radius 3 is 2.79 bits per heavy atom. The molecule has 1 aliphatic carbocycles. The first-order valence-electron chi connectivity index (χ1n) is 8.87. The van der Waals surface area contributed by atoms with Gasteiger partial charge in [0.15, 0.2) is 0 Å². The molecule has 0 radical (unpaired) electrons. The first-order valence-corrected chi connectivity index (χ1v) is 8.87. The molecule has 2 fully saturated rings. The maximum Gasteiger partial charge on any atom is 0.132 e. The van der Waals surface area contributed by atoms with Gasteiger partial charge in [-0.1, -0.05) is 18.6 Å². The summed E-state index contributed by atoms with van der Waals surface area (Å²) in [5, 5.41) is 0. The monoisotopic (exact) mass is 319 g/mol. The van der Waals surface area contributed by atoms with Crippen LogP contribution in [0, 0.1) is 0 Å². The molecule has 0 bridgehead atoms. The number of anilines is 1. The minimum absolute atomic E-state index is 0.458. The van der Waals surface area contributed by atoms with Gasteiger partial charge in [0.2, 0.25) is 0 Å². The van der Waals surface area contributed by atoms with Gasteiger partial charge in [0.25, 0.3) is 0 Å². The molecule has 5 rings (SSSR count). The summed E-state index contributed by atoms with van der Waals surface area (Å²) in [7, 11) is 0. The average Bonchev–Trinajstić information content (AvgIpc) is 3.20. The molecule has 0 N–H and O–H groups in total. The van der Waals surface area contributed by atoms with Crippen molar-refractivity contribution in [3.8, 4) is 0 Å². The fraction of sp³-hybridized carbons (Fsp3) is 0.421. The van der Waals surface area contributed by atoms with E-state index in [1.807, 2.05) is 12.4 Å². The molecular weight excluding hydrogens is 298 g/mol. The predicted octanol–water partition coefficient (Wildman–Crippen LogP) is 3.55. The van der Waals surface area contributed by atoms with Gasteiger partial charge in [0.1, 0.15) is 12.1 Å². The van der Waals surface area contributed by atoms with Crippen LogP contribution < -0.4 is 4.90 Å². The molecule has 0 unspecified atom stereocenters. The Balaban J connectivity index is 1.39. The molecule has 5 heteroatoms. The van der Waals surface area contributed by atoms with Gasteiger partial charge in [-0.3, -0.25) is 0 Å². The second kappa shape index (κ2) is 5.58. The lowest BCUT2D eigenvalue weighted by Crippen LogP contribution is -2.22. The van der Waals surface area contributed by atoms with E-state index in [0.717, 1.165) is 30.8 Å². The van der Waals surface area contributed by atoms with Crippen molar-refractivity contribution in [1.29, 1.82) is 0 Å². The van der Waals surface area contributed by atoms with Crippen molar-refractivity contribution in [1.82, 2.24) is 19.5 Å². The minimum atomic E-state index is 0.458. The Bertz CT molecular complexity index is 867. The summed E-state index contributed by atoms with van der Waals surface area (Å²) in [6.07, 6.45) is 8.74. The molecule has 1 saturated heterocycles. The Kier molecular flexibility index (Phi) is 3.25. The summed E-state index contributed by atoms with van der Waals surface area (Å²) in [5.74, 6) is 1.74. The van der Waals surface area contributed by atoms with Crippen LogP contribution in [0.25, 0.3) is 11.0 Å². The second-order valence-electron chi connectivity index (χ2n) is 6.96. The van der Waals surface area contributed by atoms with E-state index in [1.54, 1.807) is 6.33 Å². The molecular formula is C19H21N5. The van der Waals surface area contributed by atoms with Crippen LogP contribution in [0.1, 0.15) is 43.3 Å². The first kappa shape index (κ1) is 14.0. The quantitative estimate of drug-likeness (QED) is 0.741. The molecule has 3 heterocycles. The Morgan fingerprint density at radius 1 is 1.00 bits per heavy atom. The van der Waals surface area contributed by atoms with Crippen molar-refractivity contribution < 1.29 is 0 Å². The number of benzene rings is 1. The zero-order valence-corrected chi connectivity index (χ0v) is 13.7. The van der Waals surface area contributed by atoms with E-state index in [-0.39, 0.29) is 0 Å². The number of aromatic nitrogens is 4. The van der Waals surface area contributed by atoms with Crippen molar-refractivity contribution in [2.75, 3.05) is 18.0 Å². The van der Waals surface area contributed by atoms with E-state index >= 15 is 0 Å². The third kappa shape index (κ3) is 2.27. The number of rotatable bonds is 3. The zero-order valence-electron chi connectivity index (χ0n) is 13.7. The van der Waals surface area contributed by atoms with Gasteiger partial charge < -0.3 is 9.47 Å². The molecule has 5 nitrogen and oxygen atoms in total. The molecule has 1 saturated carbocycles. The smallest absolute Gasteiger partial charge is 0.132 e. The van der Waals surface area contributed by atoms with Crippen molar-refractivity contribution in [2.45, 2.75) is 37.6 Å². The zero-order chi connectivity index (χ0) is 15.9. The van der Waals surface area contributed by atoms with E-state index in [9.17, 15) is 0 Å². The highest BCUT2D eigenvalue weighted by Gasteiger charge is 2.27. The van der Waals surface area contributed by atoms with Crippen LogP contribution in [-0.4, -0.2) is 32.6 Å². The first-order chi connectivity index (χ1) is 11.9. The van der Waals surface area contributed by atoms with Crippen LogP contribution in [0.5, 0.6) is 0 Å². The van der Waals surface area contributed by atoms with Crippen molar-refractivity contribution in [2.24, 2.45) is 0 Å². The maximum atomic E-state index is 4.54. The fourth-order valence-electron chi connectivity index (χ4n) is 3.91. The molecule has 2 aliphatic rings. The lowest BCUT2D eigenvalue weighted by Gasteiger charge is -2.26. The van der Waals surface area contributed by atoms with Crippen LogP contribution in [0.15, 0.2) is 43.0 Å². The SMILES string of the molecule is c1ccc2c(c1)ncn2[C@H]1CCN(c2cc(C3CCC3)ncn2)C1. The van der Waals surface area contributed by atoms with E-state index in [4.69, 9.17) is 0 Å². The molecule has 24 heavy (non-hydrogen) atoms. The molecule has 3 aromatic rings. The van der Waals surface area contributed by atoms with E-state index in [2.05, 4.69) is 48.7 Å². The summed E-state index contributed by atoms with van der Waals surface area (Å²) in [4.78, 5) is 15.9. The van der Waals surface area contributed by atoms with Crippen LogP contribution in [0.4, 0.5) is 5.82 Å². The van der Waals surface area contributed by atoms with Gasteiger partial charge in [-0.05, 0) is 31.4 Å². The van der Waals surface area contributed by atoms with E-state index in [0.29, 0.717) is 12.0 Å². The molecule has 1 aromatic carbocycles. The lowest BCUT2D eigenvalue weighted by atomic mass is 9.83. The van der Waals surface area contributed by atoms with Gasteiger partial charge in [-0.15, -0.1) is 0 Å². The summed E-state index contributed by atoms with van der Waals surface area (Å²) < 4.78 is 2.32. The van der Waals surface area contributed by atoms with Crippen LogP contribution in [-0.2, 0) is 0 Å². The molecule has 1 aliphatic heterocycles. The van der Waals surface area contributed by atoms with E-state index < -0.39 is 0 Å². The van der Waals surface area contributed by atoms with Crippen molar-refractivity contribution >= 4 is 16.9 Å². The average molecular weight is 319 g/mol. The standard InChI is InChI=1S/C19H21N5/c1-2-7-18-16(6-1)22-13-24(18)15-8-9-23(11-15)19-10-17(20-12-21-19)14-4-3-5-14/h1-2,6-7,10,12-15H,3-5,8-9,11H2/t15-/m0/s1. The number of nitrogens with zero attached hydrogens (tertiary/aromatic N) is 5. The highest BCUT2D eigenvalue weighted by Crippen LogP contribution is 2.36. The Labute approximate surface area is 141 Å². The predicted molar refractivity (Wildman–Crippen MR) is 94.2 cm³/mol. The van der Waals surface area contributed by atoms with Gasteiger partial charge >= 0.3 is 0 Å². The van der Waals surface area contributed by atoms with Crippen LogP contribution in [0.3, 0.4) is 0 Å². The molecule has 2 aromatic heterocycles. The molecule has 1 atom stereocenters. The number of hydrogen-bond acceptors (Lipinski definition) is 4. The number of para-hydroxylation sites is 2. The highest BCUT2D eigenvalue weighted by atomic mass is 15.3. The van der Waals surface area contributed by atoms with Gasteiger partial charge in [0, 0.05) is 30.8 Å². The number of hydrogen-bond donors (Lipinski definition) is 0. The fourth-order valence-corrected chi connectivity index (χ4v) is 3.91. The van der Waals surface area contributed by atoms with Gasteiger partial charge in [-0.2, -0.15) is 0 Å². The second-order valence-corrected chi connectivity index (χ2v) is 6.96. The third-order valence-corrected chi connectivity index (χ3v) is 5.56. The Hall–Kier alpha value is -2.43. The van der Waals surface area contributed by atoms with Crippen molar-refractivity contribution in [3.05, 3.63) is 48.7 Å². The van der Waals surface area contributed by atoms with Crippen LogP contribution in [0.2, 0.25) is 0 Å². The summed E-state index contributed by atoms with van der Waals surface area (Å²) >= 11 is 0. The minimum Gasteiger partial charge on any atom is -0.354 e.